The Hall–Kier alpha value is -0.570. The third-order valence-corrected chi connectivity index (χ3v) is 2.34. The van der Waals surface area contributed by atoms with Crippen LogP contribution in [0.4, 0.5) is 0 Å². The van der Waals surface area contributed by atoms with Crippen LogP contribution in [0, 0.1) is 12.8 Å². The fourth-order valence-corrected chi connectivity index (χ4v) is 1.45. The van der Waals surface area contributed by atoms with Gasteiger partial charge >= 0.3 is 0 Å². The summed E-state index contributed by atoms with van der Waals surface area (Å²) < 4.78 is 0. The minimum absolute atomic E-state index is 0.533. The molecule has 0 aromatic heterocycles. The molecular weight excluding hydrogens is 210 g/mol. The highest BCUT2D eigenvalue weighted by Gasteiger charge is 2.00. The van der Waals surface area contributed by atoms with Gasteiger partial charge in [0.2, 0.25) is 0 Å². The number of halogens is 1. The zero-order chi connectivity index (χ0) is 11.3. The van der Waals surface area contributed by atoms with Crippen LogP contribution in [-0.4, -0.2) is 6.61 Å². The lowest BCUT2D eigenvalue weighted by molar-refractivity contribution is 0.0196. The molecule has 0 aliphatic heterocycles. The van der Waals surface area contributed by atoms with Crippen LogP contribution < -0.4 is 5.48 Å². The molecule has 2 nitrogen and oxygen atoms in total. The quantitative estimate of drug-likeness (QED) is 0.616. The molecule has 0 amide bonds. The molecule has 1 N–H and O–H groups in total. The molecule has 0 unspecified atom stereocenters. The normalized spacial score (nSPS) is 11.0. The first kappa shape index (κ1) is 12.5. The second-order valence-corrected chi connectivity index (χ2v) is 4.53. The molecule has 0 aliphatic rings. The average molecular weight is 228 g/mol. The van der Waals surface area contributed by atoms with Crippen molar-refractivity contribution in [3.8, 4) is 0 Å². The molecule has 84 valence electrons. The van der Waals surface area contributed by atoms with Gasteiger partial charge in [-0.15, -0.1) is 0 Å². The molecule has 0 bridgehead atoms. The van der Waals surface area contributed by atoms with E-state index in [1.807, 2.05) is 25.1 Å². The summed E-state index contributed by atoms with van der Waals surface area (Å²) in [5.41, 5.74) is 5.14. The predicted octanol–water partition coefficient (Wildman–Crippen LogP) is 3.33. The minimum atomic E-state index is 0.533. The Labute approximate surface area is 96.5 Å². The van der Waals surface area contributed by atoms with E-state index >= 15 is 0 Å². The number of aryl methyl sites for hydroxylation is 1. The summed E-state index contributed by atoms with van der Waals surface area (Å²) >= 11 is 6.08. The molecule has 0 fully saturated rings. The van der Waals surface area contributed by atoms with E-state index in [0.717, 1.165) is 10.6 Å². The molecule has 0 radical (unpaired) electrons. The highest BCUT2D eigenvalue weighted by atomic mass is 35.5. The van der Waals surface area contributed by atoms with Gasteiger partial charge in [0.05, 0.1) is 6.61 Å². The van der Waals surface area contributed by atoms with Gasteiger partial charge in [-0.25, -0.2) is 0 Å². The molecule has 0 saturated heterocycles. The lowest BCUT2D eigenvalue weighted by Gasteiger charge is -2.09. The van der Waals surface area contributed by atoms with Gasteiger partial charge in [-0.3, -0.25) is 0 Å². The third-order valence-electron chi connectivity index (χ3n) is 1.99. The molecule has 1 aromatic rings. The van der Waals surface area contributed by atoms with Gasteiger partial charge in [-0.05, 0) is 30.0 Å². The molecule has 15 heavy (non-hydrogen) atoms. The van der Waals surface area contributed by atoms with Gasteiger partial charge in [0.25, 0.3) is 0 Å². The predicted molar refractivity (Wildman–Crippen MR) is 63.8 cm³/mol. The highest BCUT2D eigenvalue weighted by Crippen LogP contribution is 2.17. The molecule has 0 saturated carbocycles. The monoisotopic (exact) mass is 227 g/mol. The van der Waals surface area contributed by atoms with Crippen molar-refractivity contribution in [2.24, 2.45) is 5.92 Å². The SMILES string of the molecule is Cc1ccc(CNOCC(C)C)c(Cl)c1. The van der Waals surface area contributed by atoms with Gasteiger partial charge in [0.15, 0.2) is 0 Å². The summed E-state index contributed by atoms with van der Waals surface area (Å²) in [5, 5.41) is 0.788. The first-order valence-corrected chi connectivity index (χ1v) is 5.57. The van der Waals surface area contributed by atoms with E-state index in [1.54, 1.807) is 0 Å². The number of rotatable bonds is 5. The number of hydrogen-bond acceptors (Lipinski definition) is 2. The number of benzene rings is 1. The molecule has 0 spiro atoms. The zero-order valence-corrected chi connectivity index (χ0v) is 10.3. The van der Waals surface area contributed by atoms with Crippen molar-refractivity contribution in [1.29, 1.82) is 0 Å². The lowest BCUT2D eigenvalue weighted by Crippen LogP contribution is -2.17. The van der Waals surface area contributed by atoms with E-state index in [0.29, 0.717) is 19.1 Å². The molecular formula is C12H18ClNO. The topological polar surface area (TPSA) is 21.3 Å². The molecule has 3 heteroatoms. The van der Waals surface area contributed by atoms with E-state index in [9.17, 15) is 0 Å². The van der Waals surface area contributed by atoms with Crippen molar-refractivity contribution in [3.63, 3.8) is 0 Å². The first-order chi connectivity index (χ1) is 7.09. The second kappa shape index (κ2) is 6.11. The van der Waals surface area contributed by atoms with E-state index in [2.05, 4.69) is 19.3 Å². The van der Waals surface area contributed by atoms with Crippen molar-refractivity contribution < 1.29 is 4.84 Å². The summed E-state index contributed by atoms with van der Waals surface area (Å²) in [4.78, 5) is 5.28. The average Bonchev–Trinajstić information content (AvgIpc) is 2.14. The van der Waals surface area contributed by atoms with Crippen LogP contribution in [0.1, 0.15) is 25.0 Å². The minimum Gasteiger partial charge on any atom is -0.301 e. The van der Waals surface area contributed by atoms with Gasteiger partial charge < -0.3 is 4.84 Å². The van der Waals surface area contributed by atoms with Gasteiger partial charge in [-0.2, -0.15) is 5.48 Å². The summed E-state index contributed by atoms with van der Waals surface area (Å²) in [7, 11) is 0. The fraction of sp³-hybridized carbons (Fsp3) is 0.500. The standard InChI is InChI=1S/C12H18ClNO/c1-9(2)8-15-14-7-11-5-4-10(3)6-12(11)13/h4-6,9,14H,7-8H2,1-3H3. The van der Waals surface area contributed by atoms with Crippen molar-refractivity contribution in [3.05, 3.63) is 34.3 Å². The van der Waals surface area contributed by atoms with Crippen LogP contribution in [0.5, 0.6) is 0 Å². The number of nitrogens with one attached hydrogen (secondary N) is 1. The molecule has 0 heterocycles. The van der Waals surface area contributed by atoms with Crippen LogP contribution in [0.25, 0.3) is 0 Å². The maximum Gasteiger partial charge on any atom is 0.0705 e. The zero-order valence-electron chi connectivity index (χ0n) is 9.51. The summed E-state index contributed by atoms with van der Waals surface area (Å²) in [5.74, 6) is 0.533. The van der Waals surface area contributed by atoms with Gasteiger partial charge in [-0.1, -0.05) is 37.6 Å². The van der Waals surface area contributed by atoms with E-state index < -0.39 is 0 Å². The number of hydrogen-bond donors (Lipinski definition) is 1. The van der Waals surface area contributed by atoms with Gasteiger partial charge in [0, 0.05) is 11.6 Å². The fourth-order valence-electron chi connectivity index (χ4n) is 1.15. The third kappa shape index (κ3) is 4.65. The Morgan fingerprint density at radius 1 is 1.40 bits per heavy atom. The maximum atomic E-state index is 6.08. The van der Waals surface area contributed by atoms with E-state index in [1.165, 1.54) is 5.56 Å². The number of hydroxylamine groups is 1. The summed E-state index contributed by atoms with van der Waals surface area (Å²) in [6, 6.07) is 6.02. The van der Waals surface area contributed by atoms with Crippen molar-refractivity contribution in [1.82, 2.24) is 5.48 Å². The Morgan fingerprint density at radius 3 is 2.73 bits per heavy atom. The van der Waals surface area contributed by atoms with Crippen LogP contribution in [-0.2, 0) is 11.4 Å². The van der Waals surface area contributed by atoms with E-state index in [-0.39, 0.29) is 0 Å². The van der Waals surface area contributed by atoms with Crippen LogP contribution in [0.15, 0.2) is 18.2 Å². The van der Waals surface area contributed by atoms with Crippen LogP contribution in [0.3, 0.4) is 0 Å². The largest absolute Gasteiger partial charge is 0.301 e. The highest BCUT2D eigenvalue weighted by molar-refractivity contribution is 6.31. The Morgan fingerprint density at radius 2 is 2.13 bits per heavy atom. The summed E-state index contributed by atoms with van der Waals surface area (Å²) in [6.45, 7) is 7.61. The first-order valence-electron chi connectivity index (χ1n) is 5.19. The Bertz CT molecular complexity index is 312. The van der Waals surface area contributed by atoms with Crippen LogP contribution >= 0.6 is 11.6 Å². The van der Waals surface area contributed by atoms with Gasteiger partial charge in [0.1, 0.15) is 0 Å². The van der Waals surface area contributed by atoms with Crippen molar-refractivity contribution in [2.75, 3.05) is 6.61 Å². The smallest absolute Gasteiger partial charge is 0.0705 e. The molecule has 1 rings (SSSR count). The van der Waals surface area contributed by atoms with Crippen LogP contribution in [0.2, 0.25) is 5.02 Å². The molecule has 0 atom stereocenters. The van der Waals surface area contributed by atoms with Crippen molar-refractivity contribution >= 4 is 11.6 Å². The summed E-state index contributed by atoms with van der Waals surface area (Å²) in [6.07, 6.45) is 0. The Kier molecular flexibility index (Phi) is 5.09. The second-order valence-electron chi connectivity index (χ2n) is 4.12. The van der Waals surface area contributed by atoms with Crippen molar-refractivity contribution in [2.45, 2.75) is 27.3 Å². The van der Waals surface area contributed by atoms with E-state index in [4.69, 9.17) is 16.4 Å². The lowest BCUT2D eigenvalue weighted by atomic mass is 10.1. The molecule has 1 aromatic carbocycles. The maximum absolute atomic E-state index is 6.08. The molecule has 0 aliphatic carbocycles. The Balaban J connectivity index is 2.37.